The Kier molecular flexibility index (Phi) is 3.66. The van der Waals surface area contributed by atoms with Crippen molar-refractivity contribution in [3.05, 3.63) is 40.6 Å². The van der Waals surface area contributed by atoms with Gasteiger partial charge in [-0.2, -0.15) is 0 Å². The van der Waals surface area contributed by atoms with Crippen molar-refractivity contribution in [2.75, 3.05) is 6.54 Å². The molecule has 1 fully saturated rings. The number of carbonyl (C=O) groups excluding carboxylic acids is 2. The minimum absolute atomic E-state index is 0.0105. The van der Waals surface area contributed by atoms with Gasteiger partial charge in [0.05, 0.1) is 4.91 Å². The molecule has 0 radical (unpaired) electrons. The summed E-state index contributed by atoms with van der Waals surface area (Å²) in [5.74, 6) is -2.53. The molecule has 0 aliphatic carbocycles. The van der Waals surface area contributed by atoms with E-state index in [1.165, 1.54) is 24.3 Å². The third-order valence-electron chi connectivity index (χ3n) is 2.36. The first-order chi connectivity index (χ1) is 8.99. The molecule has 0 unspecified atom stereocenters. The number of halogens is 1. The van der Waals surface area contributed by atoms with Crippen LogP contribution in [-0.4, -0.2) is 33.7 Å². The van der Waals surface area contributed by atoms with Gasteiger partial charge in [0.15, 0.2) is 0 Å². The Morgan fingerprint density at radius 2 is 2.05 bits per heavy atom. The molecule has 19 heavy (non-hydrogen) atoms. The summed E-state index contributed by atoms with van der Waals surface area (Å²) in [6, 6.07) is 5.78. The highest BCUT2D eigenvalue weighted by atomic mass is 32.2. The number of carboxylic acid groups (broad SMARTS) is 1. The topological polar surface area (TPSA) is 74.7 Å². The summed E-state index contributed by atoms with van der Waals surface area (Å²) in [4.78, 5) is 34.4. The average molecular weight is 281 g/mol. The Balaban J connectivity index is 2.28. The van der Waals surface area contributed by atoms with E-state index in [1.807, 2.05) is 0 Å². The number of hydrogen-bond acceptors (Lipinski definition) is 4. The second kappa shape index (κ2) is 5.23. The first-order valence-electron chi connectivity index (χ1n) is 5.20. The molecule has 0 saturated carbocycles. The van der Waals surface area contributed by atoms with E-state index >= 15 is 0 Å². The Morgan fingerprint density at radius 3 is 2.68 bits per heavy atom. The molecule has 1 N–H and O–H groups in total. The largest absolute Gasteiger partial charge is 0.480 e. The van der Waals surface area contributed by atoms with Gasteiger partial charge in [0, 0.05) is 5.56 Å². The minimum atomic E-state index is -1.28. The van der Waals surface area contributed by atoms with Crippen molar-refractivity contribution in [1.82, 2.24) is 4.90 Å². The second-order valence-corrected chi connectivity index (χ2v) is 4.68. The van der Waals surface area contributed by atoms with Gasteiger partial charge in [0.25, 0.3) is 11.1 Å². The normalized spacial score (nSPS) is 17.3. The van der Waals surface area contributed by atoms with Gasteiger partial charge in [-0.1, -0.05) is 18.2 Å². The van der Waals surface area contributed by atoms with Gasteiger partial charge in [-0.3, -0.25) is 19.3 Å². The lowest BCUT2D eigenvalue weighted by Gasteiger charge is -2.07. The van der Waals surface area contributed by atoms with Gasteiger partial charge < -0.3 is 5.11 Å². The predicted octanol–water partition coefficient (Wildman–Crippen LogP) is 1.95. The molecule has 0 spiro atoms. The quantitative estimate of drug-likeness (QED) is 0.857. The van der Waals surface area contributed by atoms with E-state index in [-0.39, 0.29) is 10.5 Å². The smallest absolute Gasteiger partial charge is 0.323 e. The van der Waals surface area contributed by atoms with Crippen LogP contribution in [-0.2, 0) is 9.59 Å². The number of aliphatic carboxylic acids is 1. The zero-order valence-corrected chi connectivity index (χ0v) is 10.3. The molecule has 1 aromatic rings. The van der Waals surface area contributed by atoms with Crippen LogP contribution in [0.15, 0.2) is 29.2 Å². The number of rotatable bonds is 3. The molecule has 1 heterocycles. The second-order valence-electron chi connectivity index (χ2n) is 3.68. The average Bonchev–Trinajstić information content (AvgIpc) is 2.60. The van der Waals surface area contributed by atoms with Gasteiger partial charge in [-0.25, -0.2) is 4.39 Å². The number of amides is 2. The number of hydrogen-bond donors (Lipinski definition) is 1. The molecule has 1 aliphatic rings. The van der Waals surface area contributed by atoms with E-state index in [4.69, 9.17) is 5.11 Å². The Hall–Kier alpha value is -2.15. The van der Waals surface area contributed by atoms with Crippen molar-refractivity contribution in [3.63, 3.8) is 0 Å². The van der Waals surface area contributed by atoms with E-state index in [0.29, 0.717) is 16.7 Å². The van der Waals surface area contributed by atoms with Crippen molar-refractivity contribution in [2.45, 2.75) is 0 Å². The van der Waals surface area contributed by atoms with Crippen LogP contribution >= 0.6 is 11.8 Å². The van der Waals surface area contributed by atoms with Crippen LogP contribution in [0.5, 0.6) is 0 Å². The van der Waals surface area contributed by atoms with Crippen molar-refractivity contribution >= 4 is 35.0 Å². The lowest BCUT2D eigenvalue weighted by molar-refractivity contribution is -0.140. The first kappa shape index (κ1) is 13.3. The summed E-state index contributed by atoms with van der Waals surface area (Å²) >= 11 is 0.596. The van der Waals surface area contributed by atoms with Crippen molar-refractivity contribution in [1.29, 1.82) is 0 Å². The fourth-order valence-corrected chi connectivity index (χ4v) is 2.33. The maximum atomic E-state index is 13.4. The highest BCUT2D eigenvalue weighted by Gasteiger charge is 2.36. The Bertz CT molecular complexity index is 599. The standard InChI is InChI=1S/C12H8FNO4S/c13-8-4-2-1-3-7(8)5-9-11(17)14(6-10(15)16)12(18)19-9/h1-5H,6H2,(H,15,16). The van der Waals surface area contributed by atoms with Crippen LogP contribution in [0.25, 0.3) is 6.08 Å². The molecule has 1 aromatic carbocycles. The minimum Gasteiger partial charge on any atom is -0.480 e. The molecule has 7 heteroatoms. The summed E-state index contributed by atoms with van der Waals surface area (Å²) in [6.45, 7) is -0.695. The molecule has 98 valence electrons. The number of thioether (sulfide) groups is 1. The van der Waals surface area contributed by atoms with Crippen molar-refractivity contribution < 1.29 is 23.9 Å². The summed E-state index contributed by atoms with van der Waals surface area (Å²) in [5.41, 5.74) is 0.170. The maximum Gasteiger partial charge on any atom is 0.323 e. The molecule has 0 atom stereocenters. The van der Waals surface area contributed by atoms with E-state index in [2.05, 4.69) is 0 Å². The zero-order valence-electron chi connectivity index (χ0n) is 9.50. The first-order valence-corrected chi connectivity index (χ1v) is 6.02. The van der Waals surface area contributed by atoms with Crippen LogP contribution in [0.1, 0.15) is 5.56 Å². The van der Waals surface area contributed by atoms with E-state index in [9.17, 15) is 18.8 Å². The van der Waals surface area contributed by atoms with Gasteiger partial charge in [-0.05, 0) is 23.9 Å². The van der Waals surface area contributed by atoms with Gasteiger partial charge in [-0.15, -0.1) is 0 Å². The summed E-state index contributed by atoms with van der Waals surface area (Å²) < 4.78 is 13.4. The molecular weight excluding hydrogens is 273 g/mol. The lowest BCUT2D eigenvalue weighted by Crippen LogP contribution is -2.33. The van der Waals surface area contributed by atoms with Crippen molar-refractivity contribution in [3.8, 4) is 0 Å². The van der Waals surface area contributed by atoms with Crippen LogP contribution in [0.2, 0.25) is 0 Å². The van der Waals surface area contributed by atoms with Crippen LogP contribution in [0, 0.1) is 5.82 Å². The van der Waals surface area contributed by atoms with Gasteiger partial charge in [0.1, 0.15) is 12.4 Å². The molecule has 5 nitrogen and oxygen atoms in total. The Labute approximate surface area is 111 Å². The molecular formula is C12H8FNO4S. The van der Waals surface area contributed by atoms with Crippen LogP contribution in [0.4, 0.5) is 9.18 Å². The number of benzene rings is 1. The summed E-state index contributed by atoms with van der Waals surface area (Å²) in [7, 11) is 0. The van der Waals surface area contributed by atoms with Gasteiger partial charge >= 0.3 is 5.97 Å². The fraction of sp³-hybridized carbons (Fsp3) is 0.0833. The van der Waals surface area contributed by atoms with Gasteiger partial charge in [0.2, 0.25) is 0 Å². The van der Waals surface area contributed by atoms with Crippen LogP contribution in [0.3, 0.4) is 0 Å². The third kappa shape index (κ3) is 2.82. The Morgan fingerprint density at radius 1 is 1.37 bits per heavy atom. The predicted molar refractivity (Wildman–Crippen MR) is 66.7 cm³/mol. The SMILES string of the molecule is O=C(O)CN1C(=O)SC(=Cc2ccccc2F)C1=O. The summed E-state index contributed by atoms with van der Waals surface area (Å²) in [6.07, 6.45) is 1.24. The molecule has 1 aliphatic heterocycles. The van der Waals surface area contributed by atoms with E-state index in [0.717, 1.165) is 0 Å². The maximum absolute atomic E-state index is 13.4. The van der Waals surface area contributed by atoms with E-state index in [1.54, 1.807) is 6.07 Å². The number of carboxylic acids is 1. The number of imide groups is 1. The van der Waals surface area contributed by atoms with Crippen LogP contribution < -0.4 is 0 Å². The number of carbonyl (C=O) groups is 3. The summed E-state index contributed by atoms with van der Waals surface area (Å²) in [5, 5.41) is 7.92. The third-order valence-corrected chi connectivity index (χ3v) is 3.27. The highest BCUT2D eigenvalue weighted by Crippen LogP contribution is 2.32. The zero-order chi connectivity index (χ0) is 14.0. The molecule has 2 rings (SSSR count). The van der Waals surface area contributed by atoms with E-state index < -0.39 is 29.5 Å². The molecule has 0 aromatic heterocycles. The lowest BCUT2D eigenvalue weighted by atomic mass is 10.2. The highest BCUT2D eigenvalue weighted by molar-refractivity contribution is 8.18. The molecule has 0 bridgehead atoms. The fourth-order valence-electron chi connectivity index (χ4n) is 1.50. The molecule has 2 amide bonds. The van der Waals surface area contributed by atoms with Crippen molar-refractivity contribution in [2.24, 2.45) is 0 Å². The molecule has 1 saturated heterocycles. The monoisotopic (exact) mass is 281 g/mol. The number of nitrogens with zero attached hydrogens (tertiary/aromatic N) is 1.